The Morgan fingerprint density at radius 3 is 2.56 bits per heavy atom. The van der Waals surface area contributed by atoms with Crippen LogP contribution in [-0.4, -0.2) is 4.98 Å². The van der Waals surface area contributed by atoms with Gasteiger partial charge >= 0.3 is 6.18 Å². The van der Waals surface area contributed by atoms with Crippen molar-refractivity contribution in [3.05, 3.63) is 44.7 Å². The number of pyridine rings is 1. The second-order valence-corrected chi connectivity index (χ2v) is 5.33. The van der Waals surface area contributed by atoms with Crippen LogP contribution in [0.1, 0.15) is 10.4 Å². The molecule has 0 unspecified atom stereocenters. The summed E-state index contributed by atoms with van der Waals surface area (Å²) in [5, 5.41) is 4.90. The van der Waals surface area contributed by atoms with Crippen molar-refractivity contribution in [2.45, 2.75) is 12.7 Å². The van der Waals surface area contributed by atoms with Gasteiger partial charge in [-0.1, -0.05) is 0 Å². The minimum absolute atomic E-state index is 0.420. The van der Waals surface area contributed by atoms with Crippen molar-refractivity contribution in [1.29, 1.82) is 0 Å². The van der Waals surface area contributed by atoms with Crippen LogP contribution in [0.3, 0.4) is 0 Å². The highest BCUT2D eigenvalue weighted by atomic mass is 79.9. The number of hydrogen-bond donors (Lipinski definition) is 1. The molecule has 0 atom stereocenters. The maximum absolute atomic E-state index is 12.3. The smallest absolute Gasteiger partial charge is 0.365 e. The van der Waals surface area contributed by atoms with E-state index < -0.39 is 11.7 Å². The van der Waals surface area contributed by atoms with Gasteiger partial charge in [0.25, 0.3) is 0 Å². The van der Waals surface area contributed by atoms with Crippen molar-refractivity contribution in [1.82, 2.24) is 4.98 Å². The molecule has 2 rings (SSSR count). The van der Waals surface area contributed by atoms with Gasteiger partial charge in [0.05, 0.1) is 12.1 Å². The van der Waals surface area contributed by atoms with E-state index in [9.17, 15) is 13.2 Å². The topological polar surface area (TPSA) is 24.9 Å². The van der Waals surface area contributed by atoms with Gasteiger partial charge < -0.3 is 5.32 Å². The molecule has 2 aromatic rings. The molecule has 2 heterocycles. The van der Waals surface area contributed by atoms with E-state index in [0.29, 0.717) is 12.4 Å². The first-order valence-corrected chi connectivity index (χ1v) is 6.63. The number of rotatable bonds is 3. The number of halogens is 4. The number of alkyl halides is 3. The zero-order valence-electron chi connectivity index (χ0n) is 8.96. The molecule has 1 N–H and O–H groups in total. The van der Waals surface area contributed by atoms with E-state index in [4.69, 9.17) is 0 Å². The molecule has 0 fully saturated rings. The highest BCUT2D eigenvalue weighted by Crippen LogP contribution is 2.29. The lowest BCUT2D eigenvalue weighted by Gasteiger charge is -2.08. The van der Waals surface area contributed by atoms with Crippen molar-refractivity contribution in [2.75, 3.05) is 5.32 Å². The van der Waals surface area contributed by atoms with Gasteiger partial charge in [0.15, 0.2) is 0 Å². The van der Waals surface area contributed by atoms with Gasteiger partial charge in [0, 0.05) is 15.5 Å². The molecular weight excluding hydrogens is 329 g/mol. The number of anilines is 1. The first kappa shape index (κ1) is 13.4. The summed E-state index contributed by atoms with van der Waals surface area (Å²) in [6, 6.07) is 4.25. The lowest BCUT2D eigenvalue weighted by molar-refractivity contribution is -0.137. The zero-order chi connectivity index (χ0) is 13.2. The SMILES string of the molecule is FC(F)(F)c1ccc(NCc2sccc2Br)nc1. The predicted molar refractivity (Wildman–Crippen MR) is 68.6 cm³/mol. The fourth-order valence-electron chi connectivity index (χ4n) is 1.29. The lowest BCUT2D eigenvalue weighted by Crippen LogP contribution is -2.06. The van der Waals surface area contributed by atoms with Crippen molar-refractivity contribution < 1.29 is 13.2 Å². The van der Waals surface area contributed by atoms with E-state index in [-0.39, 0.29) is 0 Å². The van der Waals surface area contributed by atoms with E-state index in [1.807, 2.05) is 11.4 Å². The van der Waals surface area contributed by atoms with E-state index in [1.165, 1.54) is 6.07 Å². The molecule has 0 radical (unpaired) electrons. The third-order valence-corrected chi connectivity index (χ3v) is 4.14. The summed E-state index contributed by atoms with van der Waals surface area (Å²) in [7, 11) is 0. The number of nitrogens with zero attached hydrogens (tertiary/aromatic N) is 1. The molecule has 18 heavy (non-hydrogen) atoms. The normalized spacial score (nSPS) is 11.6. The molecular formula is C11H8BrF3N2S. The molecule has 0 aliphatic carbocycles. The Morgan fingerprint density at radius 1 is 1.28 bits per heavy atom. The molecule has 2 nitrogen and oxygen atoms in total. The van der Waals surface area contributed by atoms with Crippen molar-refractivity contribution >= 4 is 33.1 Å². The number of thiophene rings is 1. The summed E-state index contributed by atoms with van der Waals surface area (Å²) in [6.07, 6.45) is -3.52. The largest absolute Gasteiger partial charge is 0.417 e. The monoisotopic (exact) mass is 336 g/mol. The first-order valence-electron chi connectivity index (χ1n) is 4.96. The summed E-state index contributed by atoms with van der Waals surface area (Å²) in [5.74, 6) is 0.420. The summed E-state index contributed by atoms with van der Waals surface area (Å²) in [6.45, 7) is 0.524. The van der Waals surface area contributed by atoms with Gasteiger partial charge in [0.1, 0.15) is 5.82 Å². The minimum atomic E-state index is -4.34. The predicted octanol–water partition coefficient (Wildman–Crippen LogP) is 4.54. The summed E-state index contributed by atoms with van der Waals surface area (Å²) in [4.78, 5) is 4.80. The van der Waals surface area contributed by atoms with Gasteiger partial charge in [-0.2, -0.15) is 13.2 Å². The second-order valence-electron chi connectivity index (χ2n) is 3.48. The zero-order valence-corrected chi connectivity index (χ0v) is 11.4. The molecule has 7 heteroatoms. The average Bonchev–Trinajstić information content (AvgIpc) is 2.72. The number of aromatic nitrogens is 1. The number of hydrogen-bond acceptors (Lipinski definition) is 3. The van der Waals surface area contributed by atoms with Gasteiger partial charge in [-0.15, -0.1) is 11.3 Å². The molecule has 96 valence electrons. The average molecular weight is 337 g/mol. The Morgan fingerprint density at radius 2 is 2.06 bits per heavy atom. The van der Waals surface area contributed by atoms with Crippen molar-refractivity contribution in [3.63, 3.8) is 0 Å². The molecule has 0 aliphatic rings. The maximum Gasteiger partial charge on any atom is 0.417 e. The summed E-state index contributed by atoms with van der Waals surface area (Å²) in [5.41, 5.74) is -0.745. The van der Waals surface area contributed by atoms with Crippen LogP contribution in [0.25, 0.3) is 0 Å². The fourth-order valence-corrected chi connectivity index (χ4v) is 2.72. The van der Waals surface area contributed by atoms with E-state index in [1.54, 1.807) is 11.3 Å². The lowest BCUT2D eigenvalue weighted by atomic mass is 10.3. The highest BCUT2D eigenvalue weighted by Gasteiger charge is 2.30. The van der Waals surface area contributed by atoms with Crippen LogP contribution in [-0.2, 0) is 12.7 Å². The van der Waals surface area contributed by atoms with E-state index in [0.717, 1.165) is 21.6 Å². The standard InChI is InChI=1S/C11H8BrF3N2S/c12-8-3-4-18-9(8)6-17-10-2-1-7(5-16-10)11(13,14)15/h1-5H,6H2,(H,16,17). The van der Waals surface area contributed by atoms with Crippen molar-refractivity contribution in [2.24, 2.45) is 0 Å². The molecule has 0 amide bonds. The molecule has 0 spiro atoms. The maximum atomic E-state index is 12.3. The second kappa shape index (κ2) is 5.27. The Labute approximate surface area is 114 Å². The van der Waals surface area contributed by atoms with Crippen LogP contribution in [0.4, 0.5) is 19.0 Å². The fraction of sp³-hybridized carbons (Fsp3) is 0.182. The van der Waals surface area contributed by atoms with Crippen LogP contribution in [0.5, 0.6) is 0 Å². The Balaban J connectivity index is 2.01. The van der Waals surface area contributed by atoms with Gasteiger partial charge in [-0.25, -0.2) is 4.98 Å². The Hall–Kier alpha value is -1.08. The third kappa shape index (κ3) is 3.23. The minimum Gasteiger partial charge on any atom is -0.365 e. The Kier molecular flexibility index (Phi) is 3.91. The molecule has 0 aliphatic heterocycles. The highest BCUT2D eigenvalue weighted by molar-refractivity contribution is 9.10. The molecule has 0 aromatic carbocycles. The van der Waals surface area contributed by atoms with E-state index >= 15 is 0 Å². The van der Waals surface area contributed by atoms with Crippen LogP contribution in [0, 0.1) is 0 Å². The molecule has 0 bridgehead atoms. The van der Waals surface area contributed by atoms with Crippen LogP contribution < -0.4 is 5.32 Å². The summed E-state index contributed by atoms with van der Waals surface area (Å²) >= 11 is 4.94. The van der Waals surface area contributed by atoms with Crippen molar-refractivity contribution in [3.8, 4) is 0 Å². The molecule has 0 saturated carbocycles. The Bertz CT molecular complexity index is 522. The van der Waals surface area contributed by atoms with Gasteiger partial charge in [-0.05, 0) is 39.5 Å². The van der Waals surface area contributed by atoms with Crippen LogP contribution in [0.2, 0.25) is 0 Å². The first-order chi connectivity index (χ1) is 8.47. The molecule has 2 aromatic heterocycles. The number of nitrogens with one attached hydrogen (secondary N) is 1. The van der Waals surface area contributed by atoms with Crippen LogP contribution in [0.15, 0.2) is 34.2 Å². The van der Waals surface area contributed by atoms with Gasteiger partial charge in [-0.3, -0.25) is 0 Å². The summed E-state index contributed by atoms with van der Waals surface area (Å²) < 4.78 is 37.9. The molecule has 0 saturated heterocycles. The van der Waals surface area contributed by atoms with E-state index in [2.05, 4.69) is 26.2 Å². The van der Waals surface area contributed by atoms with Crippen LogP contribution >= 0.6 is 27.3 Å². The quantitative estimate of drug-likeness (QED) is 0.890. The van der Waals surface area contributed by atoms with Gasteiger partial charge in [0.2, 0.25) is 0 Å². The third-order valence-electron chi connectivity index (χ3n) is 2.21.